The Balaban J connectivity index is 1.39. The van der Waals surface area contributed by atoms with Gasteiger partial charge in [-0.15, -0.1) is 0 Å². The summed E-state index contributed by atoms with van der Waals surface area (Å²) in [5.74, 6) is 0.836. The lowest BCUT2D eigenvalue weighted by molar-refractivity contribution is -0.115. The number of nitrogens with zero attached hydrogens (tertiary/aromatic N) is 1. The molecule has 2 N–H and O–H groups in total. The number of nitrogens with one attached hydrogen (secondary N) is 2. The third kappa shape index (κ3) is 3.90. The fourth-order valence-corrected chi connectivity index (χ4v) is 3.36. The molecule has 0 radical (unpaired) electrons. The van der Waals surface area contributed by atoms with E-state index >= 15 is 0 Å². The number of imidazole rings is 1. The Morgan fingerprint density at radius 3 is 2.81 bits per heavy atom. The number of anilines is 1. The van der Waals surface area contributed by atoms with Crippen LogP contribution in [0, 0.1) is 5.82 Å². The van der Waals surface area contributed by atoms with Gasteiger partial charge in [-0.2, -0.15) is 0 Å². The van der Waals surface area contributed by atoms with Crippen molar-refractivity contribution in [1.29, 1.82) is 0 Å². The molecule has 1 amide bonds. The van der Waals surface area contributed by atoms with Crippen LogP contribution >= 0.6 is 11.8 Å². The average Bonchev–Trinajstić information content (AvgIpc) is 3.31. The molecule has 4 rings (SSSR count). The van der Waals surface area contributed by atoms with E-state index in [2.05, 4.69) is 15.3 Å². The normalized spacial score (nSPS) is 13.4. The third-order valence-electron chi connectivity index (χ3n) is 4.01. The first-order valence-corrected chi connectivity index (χ1v) is 9.14. The number of hydrogen-bond acceptors (Lipinski definition) is 5. The first-order valence-electron chi connectivity index (χ1n) is 8.26. The maximum absolute atomic E-state index is 13.0. The van der Waals surface area contributed by atoms with Crippen molar-refractivity contribution in [2.75, 3.05) is 12.1 Å². The molecule has 8 heteroatoms. The van der Waals surface area contributed by atoms with E-state index in [1.165, 1.54) is 23.9 Å². The summed E-state index contributed by atoms with van der Waals surface area (Å²) in [7, 11) is 0. The maximum atomic E-state index is 13.0. The fraction of sp³-hybridized carbons (Fsp3) is 0.158. The van der Waals surface area contributed by atoms with Crippen molar-refractivity contribution in [2.45, 2.75) is 17.3 Å². The molecule has 0 fully saturated rings. The van der Waals surface area contributed by atoms with Crippen LogP contribution in [0.3, 0.4) is 0 Å². The Morgan fingerprint density at radius 2 is 2.00 bits per heavy atom. The van der Waals surface area contributed by atoms with E-state index in [-0.39, 0.29) is 23.8 Å². The molecule has 0 saturated carbocycles. The monoisotopic (exact) mass is 385 g/mol. The molecule has 1 aliphatic rings. The number of fused-ring (bicyclic) bond motifs is 1. The Bertz CT molecular complexity index is 975. The zero-order chi connectivity index (χ0) is 18.8. The number of rotatable bonds is 5. The highest BCUT2D eigenvalue weighted by Gasteiger charge is 2.19. The smallest absolute Gasteiger partial charge is 0.237 e. The molecule has 2 heterocycles. The van der Waals surface area contributed by atoms with Crippen molar-refractivity contribution < 1.29 is 18.7 Å². The van der Waals surface area contributed by atoms with Gasteiger partial charge in [-0.3, -0.25) is 4.79 Å². The lowest BCUT2D eigenvalue weighted by atomic mass is 10.2. The number of carbonyl (C=O) groups excluding carboxylic acids is 1. The molecule has 138 valence electrons. The van der Waals surface area contributed by atoms with Crippen molar-refractivity contribution >= 4 is 23.4 Å². The number of amides is 1. The number of benzene rings is 2. The minimum absolute atomic E-state index is 0.154. The second-order valence-electron chi connectivity index (χ2n) is 5.93. The van der Waals surface area contributed by atoms with E-state index in [9.17, 15) is 9.18 Å². The summed E-state index contributed by atoms with van der Waals surface area (Å²) in [6.07, 6.45) is 1.66. The van der Waals surface area contributed by atoms with Crippen LogP contribution in [0.4, 0.5) is 10.1 Å². The molecule has 0 spiro atoms. The highest BCUT2D eigenvalue weighted by Crippen LogP contribution is 2.34. The minimum Gasteiger partial charge on any atom is -0.454 e. The lowest BCUT2D eigenvalue weighted by Crippen LogP contribution is -2.22. The van der Waals surface area contributed by atoms with Crippen LogP contribution in [-0.2, 0) is 4.79 Å². The Labute approximate surface area is 159 Å². The molecule has 1 aromatic heterocycles. The van der Waals surface area contributed by atoms with Gasteiger partial charge >= 0.3 is 0 Å². The first-order chi connectivity index (χ1) is 13.1. The van der Waals surface area contributed by atoms with E-state index in [0.717, 1.165) is 11.3 Å². The molecular formula is C19H16FN3O3S. The van der Waals surface area contributed by atoms with E-state index in [4.69, 9.17) is 9.47 Å². The summed E-state index contributed by atoms with van der Waals surface area (Å²) in [4.78, 5) is 19.9. The van der Waals surface area contributed by atoms with Crippen molar-refractivity contribution in [2.24, 2.45) is 0 Å². The summed E-state index contributed by atoms with van der Waals surface area (Å²) in [5, 5.41) is 3.10. The number of thioether (sulfide) groups is 1. The zero-order valence-corrected chi connectivity index (χ0v) is 15.2. The molecule has 1 atom stereocenters. The van der Waals surface area contributed by atoms with Crippen LogP contribution in [0.25, 0.3) is 11.3 Å². The molecule has 27 heavy (non-hydrogen) atoms. The van der Waals surface area contributed by atoms with Crippen molar-refractivity contribution in [3.8, 4) is 22.8 Å². The minimum atomic E-state index is -0.373. The molecule has 2 aromatic carbocycles. The van der Waals surface area contributed by atoms with E-state index in [0.29, 0.717) is 22.3 Å². The number of H-pyrrole nitrogens is 1. The second kappa shape index (κ2) is 7.32. The second-order valence-corrected chi connectivity index (χ2v) is 7.26. The Kier molecular flexibility index (Phi) is 4.72. The molecule has 0 saturated heterocycles. The Morgan fingerprint density at radius 1 is 1.22 bits per heavy atom. The molecule has 3 aromatic rings. The van der Waals surface area contributed by atoms with Gasteiger partial charge in [0.25, 0.3) is 0 Å². The van der Waals surface area contributed by atoms with Gasteiger partial charge in [-0.1, -0.05) is 11.8 Å². The summed E-state index contributed by atoms with van der Waals surface area (Å²) in [5.41, 5.74) is 2.23. The lowest BCUT2D eigenvalue weighted by Gasteiger charge is -2.11. The summed E-state index contributed by atoms with van der Waals surface area (Å²) in [6, 6.07) is 11.4. The molecule has 0 aliphatic carbocycles. The highest BCUT2D eigenvalue weighted by molar-refractivity contribution is 8.00. The molecule has 1 aliphatic heterocycles. The van der Waals surface area contributed by atoms with E-state index < -0.39 is 0 Å². The first kappa shape index (κ1) is 17.4. The van der Waals surface area contributed by atoms with Gasteiger partial charge in [0.1, 0.15) is 5.82 Å². The third-order valence-corrected chi connectivity index (χ3v) is 5.00. The quantitative estimate of drug-likeness (QED) is 0.648. The van der Waals surface area contributed by atoms with Gasteiger partial charge in [0.2, 0.25) is 12.7 Å². The molecule has 6 nitrogen and oxygen atoms in total. The predicted molar refractivity (Wildman–Crippen MR) is 100 cm³/mol. The van der Waals surface area contributed by atoms with Gasteiger partial charge < -0.3 is 19.8 Å². The van der Waals surface area contributed by atoms with Crippen molar-refractivity contribution in [3.05, 3.63) is 54.5 Å². The average molecular weight is 385 g/mol. The van der Waals surface area contributed by atoms with Crippen LogP contribution in [0.15, 0.2) is 53.8 Å². The van der Waals surface area contributed by atoms with Gasteiger partial charge in [-0.25, -0.2) is 9.37 Å². The van der Waals surface area contributed by atoms with Crippen LogP contribution < -0.4 is 14.8 Å². The highest BCUT2D eigenvalue weighted by atomic mass is 32.2. The Hall–Kier alpha value is -3.00. The molecule has 0 unspecified atom stereocenters. The van der Waals surface area contributed by atoms with E-state index in [1.807, 2.05) is 0 Å². The summed E-state index contributed by atoms with van der Waals surface area (Å²) < 4.78 is 23.6. The summed E-state index contributed by atoms with van der Waals surface area (Å²) >= 11 is 1.31. The van der Waals surface area contributed by atoms with Crippen LogP contribution in [0.2, 0.25) is 0 Å². The van der Waals surface area contributed by atoms with Crippen LogP contribution in [0.5, 0.6) is 11.5 Å². The van der Waals surface area contributed by atoms with Gasteiger partial charge in [-0.05, 0) is 48.9 Å². The number of halogens is 1. The number of carbonyl (C=O) groups is 1. The maximum Gasteiger partial charge on any atom is 0.237 e. The van der Waals surface area contributed by atoms with Crippen LogP contribution in [-0.4, -0.2) is 27.9 Å². The van der Waals surface area contributed by atoms with E-state index in [1.54, 1.807) is 43.5 Å². The SMILES string of the molecule is C[C@H](Sc1ncc(-c2ccc(F)cc2)[nH]1)C(=O)Nc1ccc2c(c1)OCO2. The van der Waals surface area contributed by atoms with Crippen molar-refractivity contribution in [3.63, 3.8) is 0 Å². The number of aromatic nitrogens is 2. The molecule has 0 bridgehead atoms. The molecular weight excluding hydrogens is 369 g/mol. The largest absolute Gasteiger partial charge is 0.454 e. The zero-order valence-electron chi connectivity index (χ0n) is 14.4. The number of ether oxygens (including phenoxy) is 2. The predicted octanol–water partition coefficient (Wildman–Crippen LogP) is 4.06. The van der Waals surface area contributed by atoms with Gasteiger partial charge in [0.05, 0.1) is 17.1 Å². The topological polar surface area (TPSA) is 76.2 Å². The number of hydrogen-bond donors (Lipinski definition) is 2. The van der Waals surface area contributed by atoms with Gasteiger partial charge in [0.15, 0.2) is 16.7 Å². The standard InChI is InChI=1S/C19H16FN3O3S/c1-11(18(24)22-14-6-7-16-17(8-14)26-10-25-16)27-19-21-9-15(23-19)12-2-4-13(20)5-3-12/h2-9,11H,10H2,1H3,(H,21,23)(H,22,24)/t11-/m0/s1. The van der Waals surface area contributed by atoms with Gasteiger partial charge in [0, 0.05) is 11.8 Å². The van der Waals surface area contributed by atoms with Crippen LogP contribution in [0.1, 0.15) is 6.92 Å². The summed E-state index contributed by atoms with van der Waals surface area (Å²) in [6.45, 7) is 1.99. The van der Waals surface area contributed by atoms with Crippen molar-refractivity contribution in [1.82, 2.24) is 9.97 Å². The fourth-order valence-electron chi connectivity index (χ4n) is 2.58. The number of aromatic amines is 1.